The summed E-state index contributed by atoms with van der Waals surface area (Å²) in [4.78, 5) is 78.2. The van der Waals surface area contributed by atoms with E-state index >= 15 is 0 Å². The molecule has 0 spiro atoms. The summed E-state index contributed by atoms with van der Waals surface area (Å²) in [5.41, 5.74) is 0.658. The predicted molar refractivity (Wildman–Crippen MR) is 250 cm³/mol. The molecule has 0 aromatic heterocycles. The molecule has 22 heteroatoms. The molecule has 0 fully saturated rings. The second kappa shape index (κ2) is 22.8. The third kappa shape index (κ3) is 13.0. The molecule has 5 aromatic rings. The molecule has 4 amide bonds. The minimum atomic E-state index is -1.69. The lowest BCUT2D eigenvalue weighted by Gasteiger charge is -2.16. The molecule has 0 aliphatic rings. The van der Waals surface area contributed by atoms with E-state index in [1.165, 1.54) is 91.0 Å². The predicted octanol–water partition coefficient (Wildman–Crippen LogP) is 12.1. The number of hydrogen-bond acceptors (Lipinski definition) is 11. The third-order valence-corrected chi connectivity index (χ3v) is 10.5. The number of hydrogen-bond donors (Lipinski definition) is 4. The van der Waals surface area contributed by atoms with Crippen LogP contribution in [0, 0.1) is 0 Å². The fourth-order valence-electron chi connectivity index (χ4n) is 5.37. The molecule has 5 aromatic carbocycles. The molecule has 0 saturated heterocycles. The van der Waals surface area contributed by atoms with Crippen LogP contribution in [-0.2, 0) is 19.2 Å². The molecule has 15 nitrogen and oxygen atoms in total. The van der Waals surface area contributed by atoms with Gasteiger partial charge < -0.3 is 26.0 Å². The Morgan fingerprint density at radius 2 is 1.02 bits per heavy atom. The highest BCUT2D eigenvalue weighted by Gasteiger charge is 2.27. The van der Waals surface area contributed by atoms with Crippen molar-refractivity contribution in [1.29, 1.82) is 0 Å². The van der Waals surface area contributed by atoms with E-state index in [2.05, 4.69) is 41.7 Å². The summed E-state index contributed by atoms with van der Waals surface area (Å²) >= 11 is 43.1. The highest BCUT2D eigenvalue weighted by molar-refractivity contribution is 6.39. The van der Waals surface area contributed by atoms with Gasteiger partial charge in [0.05, 0.1) is 54.2 Å². The van der Waals surface area contributed by atoms with Gasteiger partial charge in [-0.3, -0.25) is 28.8 Å². The van der Waals surface area contributed by atoms with Crippen molar-refractivity contribution in [3.8, 4) is 5.75 Å². The van der Waals surface area contributed by atoms with Crippen molar-refractivity contribution in [3.05, 3.63) is 132 Å². The van der Waals surface area contributed by atoms with E-state index in [0.717, 1.165) is 13.8 Å². The van der Waals surface area contributed by atoms with E-state index in [-0.39, 0.29) is 83.6 Å². The highest BCUT2D eigenvalue weighted by atomic mass is 35.5. The number of carbonyl (C=O) groups is 6. The van der Waals surface area contributed by atoms with E-state index in [1.54, 1.807) is 0 Å². The van der Waals surface area contributed by atoms with Gasteiger partial charge >= 0.3 is 0 Å². The fourth-order valence-corrected chi connectivity index (χ4v) is 6.85. The highest BCUT2D eigenvalue weighted by Crippen LogP contribution is 2.34. The number of amides is 4. The minimum absolute atomic E-state index is 0.000384. The van der Waals surface area contributed by atoms with Crippen LogP contribution in [0.3, 0.4) is 0 Å². The van der Waals surface area contributed by atoms with Gasteiger partial charge in [-0.15, -0.1) is 11.6 Å². The summed E-state index contributed by atoms with van der Waals surface area (Å²) in [6.07, 6.45) is 0. The molecule has 330 valence electrons. The van der Waals surface area contributed by atoms with Crippen LogP contribution in [0.25, 0.3) is 0 Å². The lowest BCUT2D eigenvalue weighted by atomic mass is 10.1. The molecule has 64 heavy (non-hydrogen) atoms. The maximum absolute atomic E-state index is 13.5. The molecule has 2 unspecified atom stereocenters. The zero-order valence-electron chi connectivity index (χ0n) is 33.0. The zero-order chi connectivity index (χ0) is 46.7. The first kappa shape index (κ1) is 49.4. The van der Waals surface area contributed by atoms with Gasteiger partial charge in [0.1, 0.15) is 23.7 Å². The topological polar surface area (TPSA) is 209 Å². The third-order valence-electron chi connectivity index (χ3n) is 8.48. The lowest BCUT2D eigenvalue weighted by molar-refractivity contribution is -0.127. The standard InChI is InChI=1S/C42H31Cl7N8O7/c1-20(58)37(56-54-32-7-3-5-25(35(32)48)39(60)51-29-12-9-22(44)17-27(29)46)41(62)50-24-11-14-31(34(19-24)64-16-15-43)53-42(63)38(21(2)59)57-55-33-8-4-6-26(36(33)49)40(61)52-30-13-10-23(45)18-28(30)47/h3-14,17-19,37-38H,15-16H2,1-2H3,(H,50,62)(H,51,60)(H,52,61)(H,53,63). The first-order valence-electron chi connectivity index (χ1n) is 18.3. The van der Waals surface area contributed by atoms with Gasteiger partial charge in [-0.1, -0.05) is 81.7 Å². The van der Waals surface area contributed by atoms with Crippen molar-refractivity contribution in [2.24, 2.45) is 20.5 Å². The first-order valence-corrected chi connectivity index (χ1v) is 21.1. The molecular weight excluding hydrogens is 977 g/mol. The van der Waals surface area contributed by atoms with Gasteiger partial charge in [0.15, 0.2) is 11.6 Å². The van der Waals surface area contributed by atoms with Crippen LogP contribution in [0.15, 0.2) is 111 Å². The summed E-state index contributed by atoms with van der Waals surface area (Å²) in [5, 5.41) is 27.1. The van der Waals surface area contributed by atoms with Gasteiger partial charge in [-0.25, -0.2) is 0 Å². The van der Waals surface area contributed by atoms with Crippen LogP contribution < -0.4 is 26.0 Å². The molecule has 2 atom stereocenters. The molecule has 0 aliphatic carbocycles. The average Bonchev–Trinajstić information content (AvgIpc) is 3.23. The Morgan fingerprint density at radius 3 is 1.45 bits per heavy atom. The molecule has 0 aliphatic heterocycles. The van der Waals surface area contributed by atoms with E-state index < -0.39 is 47.3 Å². The number of anilines is 4. The van der Waals surface area contributed by atoms with E-state index in [9.17, 15) is 28.8 Å². The van der Waals surface area contributed by atoms with Crippen molar-refractivity contribution >= 4 is 151 Å². The summed E-state index contributed by atoms with van der Waals surface area (Å²) in [6, 6.07) is 18.4. The van der Waals surface area contributed by atoms with Crippen LogP contribution in [0.4, 0.5) is 34.1 Å². The number of nitrogens with zero attached hydrogens (tertiary/aromatic N) is 4. The number of nitrogens with one attached hydrogen (secondary N) is 4. The Labute approximate surface area is 399 Å². The van der Waals surface area contributed by atoms with Gasteiger partial charge in [0.2, 0.25) is 12.1 Å². The number of ketones is 2. The maximum Gasteiger partial charge on any atom is 0.258 e. The van der Waals surface area contributed by atoms with Crippen molar-refractivity contribution in [3.63, 3.8) is 0 Å². The Morgan fingerprint density at radius 1 is 0.562 bits per heavy atom. The Kier molecular flexibility index (Phi) is 17.6. The summed E-state index contributed by atoms with van der Waals surface area (Å²) in [6.45, 7) is 2.21. The van der Waals surface area contributed by atoms with Gasteiger partial charge in [-0.2, -0.15) is 20.5 Å². The second-order valence-electron chi connectivity index (χ2n) is 13.1. The number of alkyl halides is 1. The van der Waals surface area contributed by atoms with Gasteiger partial charge in [-0.05, 0) is 86.6 Å². The van der Waals surface area contributed by atoms with Crippen molar-refractivity contribution in [2.45, 2.75) is 25.9 Å². The van der Waals surface area contributed by atoms with Crippen LogP contribution in [0.1, 0.15) is 34.6 Å². The van der Waals surface area contributed by atoms with Gasteiger partial charge in [0, 0.05) is 21.8 Å². The molecular formula is C42H31Cl7N8O7. The summed E-state index contributed by atoms with van der Waals surface area (Å²) in [7, 11) is 0. The Bertz CT molecular complexity index is 2720. The molecule has 5 rings (SSSR count). The van der Waals surface area contributed by atoms with Crippen LogP contribution >= 0.6 is 81.2 Å². The minimum Gasteiger partial charge on any atom is -0.490 e. The second-order valence-corrected chi connectivity index (χ2v) is 15.9. The number of rotatable bonds is 17. The Balaban J connectivity index is 1.30. The van der Waals surface area contributed by atoms with E-state index in [4.69, 9.17) is 85.9 Å². The van der Waals surface area contributed by atoms with Crippen molar-refractivity contribution in [1.82, 2.24) is 0 Å². The van der Waals surface area contributed by atoms with E-state index in [1.807, 2.05) is 0 Å². The number of benzene rings is 5. The van der Waals surface area contributed by atoms with Crippen LogP contribution in [-0.4, -0.2) is 59.8 Å². The van der Waals surface area contributed by atoms with Crippen molar-refractivity contribution in [2.75, 3.05) is 33.8 Å². The van der Waals surface area contributed by atoms with E-state index in [0.29, 0.717) is 10.0 Å². The zero-order valence-corrected chi connectivity index (χ0v) is 38.3. The number of Topliss-reactive ketones (excluding diaryl/α,β-unsaturated/α-hetero) is 2. The maximum atomic E-state index is 13.5. The molecule has 0 saturated carbocycles. The molecule has 0 heterocycles. The number of halogens is 7. The summed E-state index contributed by atoms with van der Waals surface area (Å²) < 4.78 is 5.72. The largest absolute Gasteiger partial charge is 0.490 e. The van der Waals surface area contributed by atoms with Gasteiger partial charge in [0.25, 0.3) is 23.6 Å². The smallest absolute Gasteiger partial charge is 0.258 e. The average molecular weight is 1010 g/mol. The molecule has 0 bridgehead atoms. The first-order chi connectivity index (χ1) is 30.5. The number of carbonyl (C=O) groups excluding carboxylic acids is 6. The normalized spacial score (nSPS) is 12.1. The lowest BCUT2D eigenvalue weighted by Crippen LogP contribution is -2.32. The molecule has 4 N–H and O–H groups in total. The summed E-state index contributed by atoms with van der Waals surface area (Å²) in [5.74, 6) is -4.41. The van der Waals surface area contributed by atoms with Crippen LogP contribution in [0.5, 0.6) is 5.75 Å². The number of azo groups is 2. The SMILES string of the molecule is CC(=O)C(N=Nc1cccc(C(=O)Nc2ccc(Cl)cc2Cl)c1Cl)C(=O)Nc1ccc(NC(=O)C(N=Nc2cccc(C(=O)Nc3ccc(Cl)cc3Cl)c2Cl)C(C)=O)c(OCCCl)c1. The van der Waals surface area contributed by atoms with Crippen LogP contribution in [0.2, 0.25) is 30.1 Å². The van der Waals surface area contributed by atoms with Crippen molar-refractivity contribution < 1.29 is 33.5 Å². The monoisotopic (exact) mass is 1000 g/mol. The molecule has 0 radical (unpaired) electrons. The Hall–Kier alpha value is -5.65. The quantitative estimate of drug-likeness (QED) is 0.0402. The fraction of sp³-hybridized carbons (Fsp3) is 0.143. The number of ether oxygens (including phenoxy) is 1.